The van der Waals surface area contributed by atoms with Gasteiger partial charge in [0.25, 0.3) is 0 Å². The first-order valence-corrected chi connectivity index (χ1v) is 10.6. The van der Waals surface area contributed by atoms with Gasteiger partial charge in [-0.25, -0.2) is 0 Å². The molecule has 150 valence electrons. The van der Waals surface area contributed by atoms with Crippen LogP contribution in [0.4, 0.5) is 0 Å². The normalized spacial score (nSPS) is 32.3. The van der Waals surface area contributed by atoms with Gasteiger partial charge in [0.2, 0.25) is 0 Å². The average Bonchev–Trinajstić information content (AvgIpc) is 3.11. The highest BCUT2D eigenvalue weighted by atomic mass is 35.5. The molecule has 0 aliphatic carbocycles. The van der Waals surface area contributed by atoms with Crippen LogP contribution in [-0.2, 0) is 17.6 Å². The van der Waals surface area contributed by atoms with Gasteiger partial charge in [-0.15, -0.1) is 11.8 Å². The largest absolute Gasteiger partial charge is 0.394 e. The van der Waals surface area contributed by atoms with Gasteiger partial charge >= 0.3 is 0 Å². The maximum atomic E-state index is 10.4. The van der Waals surface area contributed by atoms with E-state index in [4.69, 9.17) is 16.3 Å². The summed E-state index contributed by atoms with van der Waals surface area (Å²) in [6.45, 7) is -0.446. The zero-order valence-electron chi connectivity index (χ0n) is 15.1. The molecule has 4 rings (SSSR count). The van der Waals surface area contributed by atoms with Crippen molar-refractivity contribution in [2.24, 2.45) is 0 Å². The average molecular weight is 423 g/mol. The fraction of sp³-hybridized carbons (Fsp3) is 0.429. The second-order valence-electron chi connectivity index (χ2n) is 7.36. The van der Waals surface area contributed by atoms with Crippen LogP contribution in [0.15, 0.2) is 47.4 Å². The van der Waals surface area contributed by atoms with Gasteiger partial charge in [-0.2, -0.15) is 0 Å². The highest BCUT2D eigenvalue weighted by Crippen LogP contribution is 2.40. The molecule has 0 amide bonds. The predicted octanol–water partition coefficient (Wildman–Crippen LogP) is 2.11. The van der Waals surface area contributed by atoms with E-state index in [1.54, 1.807) is 12.1 Å². The van der Waals surface area contributed by atoms with Crippen LogP contribution >= 0.6 is 23.4 Å². The Labute approximate surface area is 172 Å². The highest BCUT2D eigenvalue weighted by molar-refractivity contribution is 8.00. The number of rotatable bonds is 4. The fourth-order valence-corrected chi connectivity index (χ4v) is 5.46. The maximum Gasteiger partial charge on any atom is 0.113 e. The molecule has 6 atom stereocenters. The van der Waals surface area contributed by atoms with Gasteiger partial charge in [-0.05, 0) is 41.7 Å². The summed E-state index contributed by atoms with van der Waals surface area (Å²) in [5, 5.41) is 40.8. The minimum Gasteiger partial charge on any atom is -0.394 e. The molecule has 2 aliphatic heterocycles. The number of hydrogen-bond donors (Lipinski definition) is 4. The first kappa shape index (κ1) is 20.2. The van der Waals surface area contributed by atoms with Gasteiger partial charge in [0.15, 0.2) is 0 Å². The smallest absolute Gasteiger partial charge is 0.113 e. The van der Waals surface area contributed by atoms with Crippen LogP contribution in [0.5, 0.6) is 0 Å². The number of benzene rings is 2. The third kappa shape index (κ3) is 3.83. The molecule has 0 aromatic heterocycles. The van der Waals surface area contributed by atoms with E-state index in [-0.39, 0.29) is 0 Å². The summed E-state index contributed by atoms with van der Waals surface area (Å²) in [4.78, 5) is 1.30. The Morgan fingerprint density at radius 3 is 2.57 bits per heavy atom. The number of thioether (sulfide) groups is 1. The third-order valence-electron chi connectivity index (χ3n) is 5.45. The van der Waals surface area contributed by atoms with Crippen molar-refractivity contribution >= 4 is 23.4 Å². The summed E-state index contributed by atoms with van der Waals surface area (Å²) in [6.07, 6.45) is -4.09. The molecule has 7 heteroatoms. The summed E-state index contributed by atoms with van der Waals surface area (Å²) in [7, 11) is 0. The lowest BCUT2D eigenvalue weighted by atomic mass is 9.90. The summed E-state index contributed by atoms with van der Waals surface area (Å²) in [6, 6.07) is 13.8. The molecule has 5 nitrogen and oxygen atoms in total. The predicted molar refractivity (Wildman–Crippen MR) is 108 cm³/mol. The Balaban J connectivity index is 1.54. The third-order valence-corrected chi connectivity index (χ3v) is 7.14. The molecule has 2 aromatic rings. The molecule has 1 saturated heterocycles. The minimum absolute atomic E-state index is 0.375. The second kappa shape index (κ2) is 8.32. The molecule has 4 unspecified atom stereocenters. The van der Waals surface area contributed by atoms with E-state index in [0.29, 0.717) is 15.8 Å². The minimum atomic E-state index is -1.39. The van der Waals surface area contributed by atoms with Crippen molar-refractivity contribution in [2.45, 2.75) is 53.5 Å². The Bertz CT molecular complexity index is 820. The zero-order valence-corrected chi connectivity index (χ0v) is 16.7. The van der Waals surface area contributed by atoms with Gasteiger partial charge in [0.1, 0.15) is 30.5 Å². The molecular weight excluding hydrogens is 400 g/mol. The van der Waals surface area contributed by atoms with E-state index >= 15 is 0 Å². The number of halogens is 1. The van der Waals surface area contributed by atoms with E-state index in [9.17, 15) is 20.4 Å². The molecule has 1 fully saturated rings. The fourth-order valence-electron chi connectivity index (χ4n) is 3.92. The van der Waals surface area contributed by atoms with E-state index in [2.05, 4.69) is 18.2 Å². The molecule has 0 spiro atoms. The molecule has 0 radical (unpaired) electrons. The molecule has 0 bridgehead atoms. The first-order chi connectivity index (χ1) is 13.5. The molecule has 2 aromatic carbocycles. The van der Waals surface area contributed by atoms with E-state index in [1.165, 1.54) is 10.5 Å². The van der Waals surface area contributed by atoms with E-state index < -0.39 is 37.1 Å². The van der Waals surface area contributed by atoms with E-state index in [1.807, 2.05) is 23.9 Å². The number of aliphatic hydroxyl groups excluding tert-OH is 4. The van der Waals surface area contributed by atoms with Crippen LogP contribution in [0, 0.1) is 0 Å². The number of fused-ring (bicyclic) bond motifs is 1. The number of aliphatic hydroxyl groups is 4. The van der Waals surface area contributed by atoms with E-state index in [0.717, 1.165) is 18.4 Å². The lowest BCUT2D eigenvalue weighted by molar-refractivity contribution is -0.231. The summed E-state index contributed by atoms with van der Waals surface area (Å²) < 4.78 is 5.67. The van der Waals surface area contributed by atoms with Crippen molar-refractivity contribution < 1.29 is 25.2 Å². The van der Waals surface area contributed by atoms with Crippen molar-refractivity contribution in [1.82, 2.24) is 0 Å². The topological polar surface area (TPSA) is 90.2 Å². The monoisotopic (exact) mass is 422 g/mol. The summed E-state index contributed by atoms with van der Waals surface area (Å²) in [5.74, 6) is 0. The molecule has 2 aliphatic rings. The lowest BCUT2D eigenvalue weighted by Crippen LogP contribution is -2.55. The molecule has 4 N–H and O–H groups in total. The van der Waals surface area contributed by atoms with Gasteiger partial charge in [0, 0.05) is 15.2 Å². The molecule has 2 heterocycles. The number of hydrogen-bond acceptors (Lipinski definition) is 6. The summed E-state index contributed by atoms with van der Waals surface area (Å²) in [5.41, 5.74) is 2.96. The lowest BCUT2D eigenvalue weighted by Gasteiger charge is -2.40. The number of ether oxygens (including phenoxy) is 1. The zero-order chi connectivity index (χ0) is 19.8. The van der Waals surface area contributed by atoms with Gasteiger partial charge in [0.05, 0.1) is 6.61 Å². The van der Waals surface area contributed by atoms with Crippen LogP contribution in [0.1, 0.15) is 22.8 Å². The van der Waals surface area contributed by atoms with Crippen molar-refractivity contribution in [3.63, 3.8) is 0 Å². The van der Waals surface area contributed by atoms with Crippen molar-refractivity contribution in [3.8, 4) is 0 Å². The van der Waals surface area contributed by atoms with Crippen LogP contribution in [0.2, 0.25) is 5.02 Å². The van der Waals surface area contributed by atoms with Crippen LogP contribution in [-0.4, -0.2) is 56.7 Å². The Kier molecular flexibility index (Phi) is 5.99. The van der Waals surface area contributed by atoms with Crippen molar-refractivity contribution in [2.75, 3.05) is 6.61 Å². The van der Waals surface area contributed by atoms with Gasteiger partial charge in [-0.3, -0.25) is 0 Å². The standard InChI is InChI=1S/C21H23ClO5S/c22-15-6-5-12(21-20(26)19(25)18(24)16(10-23)27-21)7-13(15)9-14-8-11-3-1-2-4-17(11)28-14/h1-7,14,16,18-21,23-26H,8-10H2/t14?,16?,18-,19?,20-,21?/m1/s1. The van der Waals surface area contributed by atoms with Crippen molar-refractivity contribution in [3.05, 3.63) is 64.2 Å². The van der Waals surface area contributed by atoms with Gasteiger partial charge in [-0.1, -0.05) is 41.9 Å². The molecular formula is C21H23ClO5S. The quantitative estimate of drug-likeness (QED) is 0.603. The Morgan fingerprint density at radius 2 is 1.82 bits per heavy atom. The highest BCUT2D eigenvalue weighted by Gasteiger charge is 2.44. The molecule has 0 saturated carbocycles. The maximum absolute atomic E-state index is 10.4. The molecule has 28 heavy (non-hydrogen) atoms. The Morgan fingerprint density at radius 1 is 1.04 bits per heavy atom. The van der Waals surface area contributed by atoms with Crippen LogP contribution in [0.3, 0.4) is 0 Å². The van der Waals surface area contributed by atoms with Gasteiger partial charge < -0.3 is 25.2 Å². The summed E-state index contributed by atoms with van der Waals surface area (Å²) >= 11 is 8.27. The first-order valence-electron chi connectivity index (χ1n) is 9.31. The SMILES string of the molecule is OCC1OC(c2ccc(Cl)c(CC3Cc4ccccc4S3)c2)[C@H](O)C(O)[C@@H]1O. The van der Waals surface area contributed by atoms with Crippen LogP contribution < -0.4 is 0 Å². The second-order valence-corrected chi connectivity index (χ2v) is 9.11. The van der Waals surface area contributed by atoms with Crippen LogP contribution in [0.25, 0.3) is 0 Å². The van der Waals surface area contributed by atoms with Crippen molar-refractivity contribution in [1.29, 1.82) is 0 Å². The Hall–Kier alpha value is -1.12.